The van der Waals surface area contributed by atoms with E-state index in [1.54, 1.807) is 4.90 Å². The molecule has 1 spiro atoms. The molecule has 1 saturated carbocycles. The van der Waals surface area contributed by atoms with E-state index in [0.717, 1.165) is 45.1 Å². The Bertz CT molecular complexity index is 384. The van der Waals surface area contributed by atoms with Crippen molar-refractivity contribution in [1.82, 2.24) is 10.2 Å². The highest BCUT2D eigenvalue weighted by atomic mass is 16.5. The zero-order valence-corrected chi connectivity index (χ0v) is 11.5. The van der Waals surface area contributed by atoms with Crippen molar-refractivity contribution < 1.29 is 14.3 Å². The number of piperazine rings is 1. The largest absolute Gasteiger partial charge is 0.376 e. The van der Waals surface area contributed by atoms with Crippen LogP contribution in [-0.4, -0.2) is 47.6 Å². The fraction of sp³-hybridized carbons (Fsp3) is 0.857. The number of amides is 2. The van der Waals surface area contributed by atoms with Crippen LogP contribution in [0.15, 0.2) is 0 Å². The van der Waals surface area contributed by atoms with Gasteiger partial charge in [0.25, 0.3) is 0 Å². The maximum Gasteiger partial charge on any atom is 0.249 e. The van der Waals surface area contributed by atoms with Gasteiger partial charge in [-0.1, -0.05) is 12.8 Å². The van der Waals surface area contributed by atoms with Gasteiger partial charge < -0.3 is 15.0 Å². The van der Waals surface area contributed by atoms with Gasteiger partial charge in [-0.3, -0.25) is 9.59 Å². The average molecular weight is 266 g/mol. The molecule has 2 aliphatic heterocycles. The fourth-order valence-corrected chi connectivity index (χ4v) is 3.55. The van der Waals surface area contributed by atoms with Gasteiger partial charge in [-0.2, -0.15) is 0 Å². The number of ether oxygens (including phenoxy) is 1. The number of hydrogen-bond acceptors (Lipinski definition) is 3. The molecular weight excluding hydrogens is 244 g/mol. The predicted octanol–water partition coefficient (Wildman–Crippen LogP) is 0.825. The van der Waals surface area contributed by atoms with Crippen molar-refractivity contribution in [3.8, 4) is 0 Å². The molecule has 5 heteroatoms. The number of nitrogens with zero attached hydrogens (tertiary/aromatic N) is 1. The van der Waals surface area contributed by atoms with E-state index < -0.39 is 5.54 Å². The summed E-state index contributed by atoms with van der Waals surface area (Å²) in [6.07, 6.45) is 5.76. The van der Waals surface area contributed by atoms with Gasteiger partial charge >= 0.3 is 0 Å². The van der Waals surface area contributed by atoms with E-state index in [9.17, 15) is 9.59 Å². The summed E-state index contributed by atoms with van der Waals surface area (Å²) in [5.74, 6) is 0.0899. The van der Waals surface area contributed by atoms with Gasteiger partial charge in [0.15, 0.2) is 0 Å². The van der Waals surface area contributed by atoms with E-state index in [2.05, 4.69) is 5.32 Å². The highest BCUT2D eigenvalue weighted by Gasteiger charge is 2.51. The minimum atomic E-state index is -0.609. The average Bonchev–Trinajstić information content (AvgIpc) is 3.04. The molecule has 1 aliphatic carbocycles. The Hall–Kier alpha value is -1.10. The van der Waals surface area contributed by atoms with Crippen LogP contribution in [0.2, 0.25) is 0 Å². The van der Waals surface area contributed by atoms with Crippen LogP contribution in [0.5, 0.6) is 0 Å². The van der Waals surface area contributed by atoms with Gasteiger partial charge in [0.05, 0.1) is 6.10 Å². The smallest absolute Gasteiger partial charge is 0.249 e. The van der Waals surface area contributed by atoms with Crippen molar-refractivity contribution in [1.29, 1.82) is 0 Å². The van der Waals surface area contributed by atoms with Crippen molar-refractivity contribution in [2.75, 3.05) is 13.2 Å². The molecular formula is C14H22N2O3. The molecule has 0 aromatic carbocycles. The van der Waals surface area contributed by atoms with Crippen molar-refractivity contribution in [2.45, 2.75) is 63.1 Å². The quantitative estimate of drug-likeness (QED) is 0.805. The standard InChI is InChI=1S/C14H22N2O3/c1-10-12(17)15-14(6-2-3-7-14)13(18)16(10)9-11-5-4-8-19-11/h10-11H,2-9H2,1H3,(H,15,17). The minimum Gasteiger partial charge on any atom is -0.376 e. The molecule has 3 aliphatic rings. The van der Waals surface area contributed by atoms with E-state index in [1.165, 1.54) is 0 Å². The topological polar surface area (TPSA) is 58.6 Å². The summed E-state index contributed by atoms with van der Waals surface area (Å²) in [4.78, 5) is 26.6. The normalized spacial score (nSPS) is 34.1. The Morgan fingerprint density at radius 3 is 2.68 bits per heavy atom. The Kier molecular flexibility index (Phi) is 3.25. The number of hydrogen-bond donors (Lipinski definition) is 1. The van der Waals surface area contributed by atoms with E-state index >= 15 is 0 Å². The van der Waals surface area contributed by atoms with Gasteiger partial charge in [-0.05, 0) is 32.6 Å². The number of rotatable bonds is 2. The predicted molar refractivity (Wildman–Crippen MR) is 69.5 cm³/mol. The maximum absolute atomic E-state index is 12.7. The summed E-state index contributed by atoms with van der Waals surface area (Å²) in [5, 5.41) is 2.98. The molecule has 106 valence electrons. The van der Waals surface area contributed by atoms with E-state index in [0.29, 0.717) is 6.54 Å². The van der Waals surface area contributed by atoms with Crippen LogP contribution in [0.3, 0.4) is 0 Å². The highest BCUT2D eigenvalue weighted by Crippen LogP contribution is 2.35. The van der Waals surface area contributed by atoms with Crippen LogP contribution in [0.25, 0.3) is 0 Å². The summed E-state index contributed by atoms with van der Waals surface area (Å²) < 4.78 is 5.61. The van der Waals surface area contributed by atoms with Crippen molar-refractivity contribution in [2.24, 2.45) is 0 Å². The van der Waals surface area contributed by atoms with Crippen molar-refractivity contribution in [3.05, 3.63) is 0 Å². The first-order chi connectivity index (χ1) is 9.12. The molecule has 19 heavy (non-hydrogen) atoms. The first-order valence-corrected chi connectivity index (χ1v) is 7.37. The van der Waals surface area contributed by atoms with Crippen LogP contribution in [0.1, 0.15) is 45.4 Å². The lowest BCUT2D eigenvalue weighted by atomic mass is 9.90. The Labute approximate surface area is 113 Å². The van der Waals surface area contributed by atoms with Crippen LogP contribution < -0.4 is 5.32 Å². The van der Waals surface area contributed by atoms with Crippen molar-refractivity contribution in [3.63, 3.8) is 0 Å². The molecule has 0 aromatic heterocycles. The summed E-state index contributed by atoms with van der Waals surface area (Å²) in [7, 11) is 0. The third-order valence-electron chi connectivity index (χ3n) is 4.76. The lowest BCUT2D eigenvalue weighted by Gasteiger charge is -2.44. The van der Waals surface area contributed by atoms with Gasteiger partial charge in [-0.15, -0.1) is 0 Å². The first kappa shape index (κ1) is 12.9. The van der Waals surface area contributed by atoms with Crippen LogP contribution in [0, 0.1) is 0 Å². The van der Waals surface area contributed by atoms with E-state index in [4.69, 9.17) is 4.74 Å². The minimum absolute atomic E-state index is 0.0144. The molecule has 2 amide bonds. The van der Waals surface area contributed by atoms with Gasteiger partial charge in [0, 0.05) is 13.2 Å². The van der Waals surface area contributed by atoms with Crippen LogP contribution >= 0.6 is 0 Å². The second-order valence-corrected chi connectivity index (χ2v) is 6.05. The molecule has 0 aromatic rings. The molecule has 3 rings (SSSR count). The van der Waals surface area contributed by atoms with Crippen molar-refractivity contribution >= 4 is 11.8 Å². The molecule has 2 saturated heterocycles. The fourth-order valence-electron chi connectivity index (χ4n) is 3.55. The molecule has 2 heterocycles. The zero-order chi connectivity index (χ0) is 13.5. The number of nitrogens with one attached hydrogen (secondary N) is 1. The van der Waals surface area contributed by atoms with E-state index in [1.807, 2.05) is 6.92 Å². The van der Waals surface area contributed by atoms with Crippen LogP contribution in [-0.2, 0) is 14.3 Å². The Balaban J connectivity index is 1.79. The third-order valence-corrected chi connectivity index (χ3v) is 4.76. The highest BCUT2D eigenvalue weighted by molar-refractivity contribution is 5.99. The molecule has 0 radical (unpaired) electrons. The molecule has 2 unspecified atom stereocenters. The van der Waals surface area contributed by atoms with Gasteiger partial charge in [0.2, 0.25) is 11.8 Å². The third kappa shape index (κ3) is 2.14. The first-order valence-electron chi connectivity index (χ1n) is 7.37. The molecule has 5 nitrogen and oxygen atoms in total. The lowest BCUT2D eigenvalue weighted by Crippen LogP contribution is -2.69. The maximum atomic E-state index is 12.7. The summed E-state index contributed by atoms with van der Waals surface area (Å²) in [6, 6.07) is -0.372. The van der Waals surface area contributed by atoms with Gasteiger partial charge in [-0.25, -0.2) is 0 Å². The SMILES string of the molecule is CC1C(=O)NC2(CCCC2)C(=O)N1CC1CCCO1. The zero-order valence-electron chi connectivity index (χ0n) is 11.5. The molecule has 1 N–H and O–H groups in total. The van der Waals surface area contributed by atoms with E-state index in [-0.39, 0.29) is 24.0 Å². The summed E-state index contributed by atoms with van der Waals surface area (Å²) in [6.45, 7) is 3.15. The summed E-state index contributed by atoms with van der Waals surface area (Å²) in [5.41, 5.74) is -0.609. The molecule has 2 atom stereocenters. The lowest BCUT2D eigenvalue weighted by molar-refractivity contribution is -0.155. The molecule has 0 bridgehead atoms. The monoisotopic (exact) mass is 266 g/mol. The second-order valence-electron chi connectivity index (χ2n) is 6.05. The Morgan fingerprint density at radius 2 is 2.05 bits per heavy atom. The second kappa shape index (κ2) is 4.78. The number of carbonyl (C=O) groups is 2. The molecule has 3 fully saturated rings. The van der Waals surface area contributed by atoms with Crippen LogP contribution in [0.4, 0.5) is 0 Å². The number of carbonyl (C=O) groups excluding carboxylic acids is 2. The summed E-state index contributed by atoms with van der Waals surface area (Å²) >= 11 is 0. The van der Waals surface area contributed by atoms with Gasteiger partial charge in [0.1, 0.15) is 11.6 Å². The Morgan fingerprint density at radius 1 is 1.32 bits per heavy atom.